The van der Waals surface area contributed by atoms with Crippen LogP contribution in [0.2, 0.25) is 0 Å². The van der Waals surface area contributed by atoms with Crippen LogP contribution >= 0.6 is 0 Å². The molecule has 0 aromatic heterocycles. The number of ether oxygens (including phenoxy) is 1. The van der Waals surface area contributed by atoms with E-state index < -0.39 is 10.0 Å². The third-order valence-electron chi connectivity index (χ3n) is 5.82. The van der Waals surface area contributed by atoms with E-state index in [-0.39, 0.29) is 17.3 Å². The number of nitrogens with one attached hydrogen (secondary N) is 2. The molecule has 7 nitrogen and oxygen atoms in total. The van der Waals surface area contributed by atoms with Crippen molar-refractivity contribution >= 4 is 27.3 Å². The fourth-order valence-electron chi connectivity index (χ4n) is 4.19. The molecule has 1 fully saturated rings. The van der Waals surface area contributed by atoms with Gasteiger partial charge in [0.15, 0.2) is 5.75 Å². The maximum Gasteiger partial charge on any atom is 0.243 e. The van der Waals surface area contributed by atoms with Gasteiger partial charge in [-0.2, -0.15) is 4.31 Å². The van der Waals surface area contributed by atoms with Crippen LogP contribution in [0.3, 0.4) is 0 Å². The third-order valence-corrected chi connectivity index (χ3v) is 7.71. The van der Waals surface area contributed by atoms with E-state index in [4.69, 9.17) is 4.74 Å². The molecule has 8 heteroatoms. The van der Waals surface area contributed by atoms with Gasteiger partial charge in [-0.25, -0.2) is 8.42 Å². The van der Waals surface area contributed by atoms with Crippen LogP contribution < -0.4 is 15.4 Å². The van der Waals surface area contributed by atoms with E-state index in [0.29, 0.717) is 30.3 Å². The molecule has 35 heavy (non-hydrogen) atoms. The Morgan fingerprint density at radius 1 is 0.914 bits per heavy atom. The van der Waals surface area contributed by atoms with Gasteiger partial charge >= 0.3 is 0 Å². The van der Waals surface area contributed by atoms with E-state index in [1.165, 1.54) is 4.31 Å². The molecule has 4 rings (SSSR count). The number of carbonyl (C=O) groups is 1. The Labute approximate surface area is 207 Å². The number of aryl methyl sites for hydroxylation is 2. The highest BCUT2D eigenvalue weighted by molar-refractivity contribution is 7.89. The number of amides is 1. The minimum absolute atomic E-state index is 0.0502. The molecule has 1 amide bonds. The fourth-order valence-corrected chi connectivity index (χ4v) is 5.74. The summed E-state index contributed by atoms with van der Waals surface area (Å²) in [5.41, 5.74) is 3.27. The summed E-state index contributed by atoms with van der Waals surface area (Å²) < 4.78 is 34.0. The minimum atomic E-state index is -3.63. The van der Waals surface area contributed by atoms with E-state index in [0.717, 1.165) is 36.1 Å². The number of piperidine rings is 1. The zero-order valence-electron chi connectivity index (χ0n) is 20.1. The zero-order valence-corrected chi connectivity index (χ0v) is 20.9. The second-order valence-corrected chi connectivity index (χ2v) is 10.8. The second kappa shape index (κ2) is 10.9. The average molecular weight is 494 g/mol. The third kappa shape index (κ3) is 6.41. The summed E-state index contributed by atoms with van der Waals surface area (Å²) in [5, 5.41) is 5.97. The molecule has 0 atom stereocenters. The van der Waals surface area contributed by atoms with E-state index in [9.17, 15) is 13.2 Å². The van der Waals surface area contributed by atoms with Crippen LogP contribution in [-0.2, 0) is 14.8 Å². The molecule has 1 heterocycles. The molecule has 1 aliphatic heterocycles. The van der Waals surface area contributed by atoms with Crippen LogP contribution in [0.25, 0.3) is 0 Å². The molecular weight excluding hydrogens is 462 g/mol. The Morgan fingerprint density at radius 2 is 1.60 bits per heavy atom. The Morgan fingerprint density at radius 3 is 2.29 bits per heavy atom. The summed E-state index contributed by atoms with van der Waals surface area (Å²) in [7, 11) is -3.63. The number of carbonyl (C=O) groups excluding carboxylic acids is 1. The van der Waals surface area contributed by atoms with Crippen molar-refractivity contribution in [3.05, 3.63) is 77.9 Å². The number of sulfonamides is 1. The molecule has 0 radical (unpaired) electrons. The summed E-state index contributed by atoms with van der Waals surface area (Å²) in [5.74, 6) is 0.805. The molecular formula is C27H31N3O4S. The van der Waals surface area contributed by atoms with Crippen molar-refractivity contribution in [2.75, 3.05) is 30.3 Å². The standard InChI is InChI=1S/C27H31N3O4S/c1-20-15-21(2)17-22(16-20)29-27(31)19-28-25-18-24(35(32,33)30-13-7-4-8-14-30)11-12-26(25)34-23-9-5-3-6-10-23/h3,5-6,9-12,15-18,28H,4,7-8,13-14,19H2,1-2H3,(H,29,31). The molecule has 2 N–H and O–H groups in total. The fraction of sp³-hybridized carbons (Fsp3) is 0.296. The van der Waals surface area contributed by atoms with Crippen LogP contribution in [0, 0.1) is 13.8 Å². The number of benzene rings is 3. The molecule has 0 unspecified atom stereocenters. The first-order valence-electron chi connectivity index (χ1n) is 11.8. The van der Waals surface area contributed by atoms with E-state index in [1.54, 1.807) is 18.2 Å². The highest BCUT2D eigenvalue weighted by atomic mass is 32.2. The van der Waals surface area contributed by atoms with Crippen molar-refractivity contribution in [3.63, 3.8) is 0 Å². The monoisotopic (exact) mass is 493 g/mol. The summed E-state index contributed by atoms with van der Waals surface area (Å²) in [6.45, 7) is 4.94. The number of hydrogen-bond acceptors (Lipinski definition) is 5. The highest BCUT2D eigenvalue weighted by Gasteiger charge is 2.27. The summed E-state index contributed by atoms with van der Waals surface area (Å²) >= 11 is 0. The first-order chi connectivity index (χ1) is 16.8. The molecule has 1 aliphatic rings. The SMILES string of the molecule is Cc1cc(C)cc(NC(=O)CNc2cc(S(=O)(=O)N3CCCCC3)ccc2Oc2ccccc2)c1. The van der Waals surface area contributed by atoms with Gasteiger partial charge in [0.25, 0.3) is 0 Å². The molecule has 0 saturated carbocycles. The average Bonchev–Trinajstić information content (AvgIpc) is 2.84. The number of anilines is 2. The van der Waals surface area contributed by atoms with Crippen LogP contribution in [0.1, 0.15) is 30.4 Å². The highest BCUT2D eigenvalue weighted by Crippen LogP contribution is 2.33. The molecule has 0 spiro atoms. The lowest BCUT2D eigenvalue weighted by Gasteiger charge is -2.26. The summed E-state index contributed by atoms with van der Waals surface area (Å²) in [4.78, 5) is 12.8. The largest absolute Gasteiger partial charge is 0.455 e. The Balaban J connectivity index is 1.56. The number of rotatable bonds is 8. The summed E-state index contributed by atoms with van der Waals surface area (Å²) in [6.07, 6.45) is 2.76. The first kappa shape index (κ1) is 24.8. The van der Waals surface area contributed by atoms with Crippen molar-refractivity contribution < 1.29 is 17.9 Å². The van der Waals surface area contributed by atoms with Crippen LogP contribution in [-0.4, -0.2) is 38.3 Å². The molecule has 1 saturated heterocycles. The number of hydrogen-bond donors (Lipinski definition) is 2. The van der Waals surface area contributed by atoms with E-state index in [1.807, 2.05) is 62.4 Å². The maximum atomic E-state index is 13.2. The minimum Gasteiger partial charge on any atom is -0.455 e. The van der Waals surface area contributed by atoms with E-state index in [2.05, 4.69) is 10.6 Å². The lowest BCUT2D eigenvalue weighted by Crippen LogP contribution is -2.35. The Hall–Kier alpha value is -3.36. The maximum absolute atomic E-state index is 13.2. The van der Waals surface area contributed by atoms with Crippen molar-refractivity contribution in [1.29, 1.82) is 0 Å². The van der Waals surface area contributed by atoms with Gasteiger partial charge in [0.05, 0.1) is 17.1 Å². The van der Waals surface area contributed by atoms with Gasteiger partial charge in [-0.1, -0.05) is 30.7 Å². The van der Waals surface area contributed by atoms with Gasteiger partial charge in [0.1, 0.15) is 5.75 Å². The Kier molecular flexibility index (Phi) is 7.73. The van der Waals surface area contributed by atoms with Gasteiger partial charge in [-0.05, 0) is 80.3 Å². The smallest absolute Gasteiger partial charge is 0.243 e. The normalized spacial score (nSPS) is 14.3. The Bertz CT molecular complexity index is 1270. The quantitative estimate of drug-likeness (QED) is 0.443. The van der Waals surface area contributed by atoms with Crippen LogP contribution in [0.4, 0.5) is 11.4 Å². The van der Waals surface area contributed by atoms with Gasteiger partial charge in [-0.3, -0.25) is 4.79 Å². The van der Waals surface area contributed by atoms with Gasteiger partial charge in [-0.15, -0.1) is 0 Å². The predicted molar refractivity (Wildman–Crippen MR) is 139 cm³/mol. The van der Waals surface area contributed by atoms with Crippen LogP contribution in [0.15, 0.2) is 71.6 Å². The molecule has 3 aromatic rings. The predicted octanol–water partition coefficient (Wildman–Crippen LogP) is 5.32. The lowest BCUT2D eigenvalue weighted by molar-refractivity contribution is -0.114. The van der Waals surface area contributed by atoms with Crippen molar-refractivity contribution in [3.8, 4) is 11.5 Å². The van der Waals surface area contributed by atoms with Crippen molar-refractivity contribution in [2.45, 2.75) is 38.0 Å². The first-order valence-corrected chi connectivity index (χ1v) is 13.2. The van der Waals surface area contributed by atoms with Gasteiger partial charge < -0.3 is 15.4 Å². The second-order valence-electron chi connectivity index (χ2n) is 8.82. The van der Waals surface area contributed by atoms with E-state index >= 15 is 0 Å². The topological polar surface area (TPSA) is 87.7 Å². The van der Waals surface area contributed by atoms with Crippen molar-refractivity contribution in [2.24, 2.45) is 0 Å². The van der Waals surface area contributed by atoms with Gasteiger partial charge in [0, 0.05) is 18.8 Å². The molecule has 0 aliphatic carbocycles. The number of nitrogens with zero attached hydrogens (tertiary/aromatic N) is 1. The van der Waals surface area contributed by atoms with Crippen LogP contribution in [0.5, 0.6) is 11.5 Å². The summed E-state index contributed by atoms with van der Waals surface area (Å²) in [6, 6.07) is 19.8. The van der Waals surface area contributed by atoms with Crippen molar-refractivity contribution in [1.82, 2.24) is 4.31 Å². The lowest BCUT2D eigenvalue weighted by atomic mass is 10.1. The number of para-hydroxylation sites is 1. The molecule has 0 bridgehead atoms. The molecule has 3 aromatic carbocycles. The zero-order chi connectivity index (χ0) is 24.8. The molecule has 184 valence electrons. The van der Waals surface area contributed by atoms with Gasteiger partial charge in [0.2, 0.25) is 15.9 Å².